The van der Waals surface area contributed by atoms with E-state index in [0.717, 1.165) is 38.5 Å². The number of amides is 1. The van der Waals surface area contributed by atoms with Crippen molar-refractivity contribution < 1.29 is 24.9 Å². The number of aliphatic hydroxyl groups excluding tert-OH is 3. The maximum Gasteiger partial charge on any atom is 0.220 e. The third kappa shape index (κ3) is 27.5. The van der Waals surface area contributed by atoms with Gasteiger partial charge in [-0.15, -0.1) is 0 Å². The summed E-state index contributed by atoms with van der Waals surface area (Å²) in [5, 5.41) is 33.1. The Hall–Kier alpha value is -2.02. The number of carbonyl (C=O) groups excluding carboxylic acids is 2. The van der Waals surface area contributed by atoms with Crippen molar-refractivity contribution >= 4 is 11.7 Å². The molecule has 0 aliphatic rings. The second-order valence-electron chi connectivity index (χ2n) is 12.1. The first-order valence-electron chi connectivity index (χ1n) is 17.9. The van der Waals surface area contributed by atoms with E-state index in [1.807, 2.05) is 12.2 Å². The van der Waals surface area contributed by atoms with Gasteiger partial charge in [0.25, 0.3) is 0 Å². The topological polar surface area (TPSA) is 107 Å². The Morgan fingerprint density at radius 3 is 1.80 bits per heavy atom. The zero-order valence-electron chi connectivity index (χ0n) is 28.3. The van der Waals surface area contributed by atoms with Crippen molar-refractivity contribution in [2.75, 3.05) is 6.61 Å². The van der Waals surface area contributed by atoms with E-state index in [1.54, 1.807) is 6.08 Å². The summed E-state index contributed by atoms with van der Waals surface area (Å²) in [6, 6.07) is -0.925. The highest BCUT2D eigenvalue weighted by Crippen LogP contribution is 2.15. The maximum absolute atomic E-state index is 12.3. The summed E-state index contributed by atoms with van der Waals surface area (Å²) < 4.78 is 0. The Balaban J connectivity index is 3.97. The van der Waals surface area contributed by atoms with Crippen molar-refractivity contribution in [3.8, 4) is 0 Å². The lowest BCUT2D eigenvalue weighted by Crippen LogP contribution is -2.50. The number of hydrogen-bond acceptors (Lipinski definition) is 5. The fourth-order valence-corrected chi connectivity index (χ4v) is 5.05. The Morgan fingerprint density at radius 1 is 0.636 bits per heavy atom. The lowest BCUT2D eigenvalue weighted by molar-refractivity contribution is -0.124. The van der Waals surface area contributed by atoms with Crippen LogP contribution in [0.3, 0.4) is 0 Å². The third-order valence-electron chi connectivity index (χ3n) is 7.91. The van der Waals surface area contributed by atoms with Gasteiger partial charge in [0, 0.05) is 12.8 Å². The highest BCUT2D eigenvalue weighted by Gasteiger charge is 2.26. The summed E-state index contributed by atoms with van der Waals surface area (Å²) in [5.41, 5.74) is 0. The van der Waals surface area contributed by atoms with E-state index < -0.39 is 24.9 Å². The van der Waals surface area contributed by atoms with E-state index in [1.165, 1.54) is 83.1 Å². The summed E-state index contributed by atoms with van der Waals surface area (Å²) in [4.78, 5) is 24.4. The standard InChI is InChI=1S/C38H67NO5/c1-3-5-7-9-11-13-15-17-18-20-22-24-26-29-34(41)30-28-32-37(43)39-35(33-40)38(44)36(42)31-27-25-23-21-19-16-14-12-10-8-6-4-2/h11,13,17-18,22,24,26,29,35-36,38,40,42,44H,3-10,12,14-16,19-21,23,25,27-28,30-33H2,1-2H3,(H,39,43)/b13-11-,18-17-,24-22-,29-26+/t35-,36?,38?/m0/s1. The molecular weight excluding hydrogens is 550 g/mol. The molecule has 0 aromatic heterocycles. The van der Waals surface area contributed by atoms with Gasteiger partial charge in [0.05, 0.1) is 18.8 Å². The summed E-state index contributed by atoms with van der Waals surface area (Å²) in [5.74, 6) is -0.400. The molecule has 0 spiro atoms. The van der Waals surface area contributed by atoms with Crippen LogP contribution in [0.1, 0.15) is 155 Å². The average Bonchev–Trinajstić information content (AvgIpc) is 3.02. The molecule has 3 atom stereocenters. The second kappa shape index (κ2) is 32.4. The molecule has 0 heterocycles. The molecule has 44 heavy (non-hydrogen) atoms. The molecule has 2 unspecified atom stereocenters. The number of ketones is 1. The smallest absolute Gasteiger partial charge is 0.220 e. The highest BCUT2D eigenvalue weighted by molar-refractivity contribution is 5.90. The Kier molecular flexibility index (Phi) is 30.9. The normalized spacial score (nSPS) is 14.3. The van der Waals surface area contributed by atoms with Crippen molar-refractivity contribution in [1.29, 1.82) is 0 Å². The minimum atomic E-state index is -1.23. The number of hydrogen-bond donors (Lipinski definition) is 4. The van der Waals surface area contributed by atoms with Crippen LogP contribution in [0.4, 0.5) is 0 Å². The van der Waals surface area contributed by atoms with E-state index in [9.17, 15) is 24.9 Å². The summed E-state index contributed by atoms with van der Waals surface area (Å²) >= 11 is 0. The third-order valence-corrected chi connectivity index (χ3v) is 7.91. The maximum atomic E-state index is 12.3. The van der Waals surface area contributed by atoms with Crippen LogP contribution in [-0.2, 0) is 9.59 Å². The number of unbranched alkanes of at least 4 members (excludes halogenated alkanes) is 14. The highest BCUT2D eigenvalue weighted by atomic mass is 16.3. The Morgan fingerprint density at radius 2 is 1.18 bits per heavy atom. The molecule has 0 radical (unpaired) electrons. The van der Waals surface area contributed by atoms with Crippen molar-refractivity contribution in [2.24, 2.45) is 0 Å². The molecule has 0 aromatic rings. The van der Waals surface area contributed by atoms with Gasteiger partial charge in [0.1, 0.15) is 6.10 Å². The SMILES string of the molecule is CCCCC/C=C\C/C=C\C/C=C\C=C\C(=O)CCCC(=O)N[C@@H](CO)C(O)C(O)CCCCCCCCCCCCCC. The number of carbonyl (C=O) groups is 2. The molecule has 4 N–H and O–H groups in total. The van der Waals surface area contributed by atoms with Gasteiger partial charge in [-0.1, -0.05) is 146 Å². The summed E-state index contributed by atoms with van der Waals surface area (Å²) in [7, 11) is 0. The predicted molar refractivity (Wildman–Crippen MR) is 186 cm³/mol. The zero-order chi connectivity index (χ0) is 32.5. The summed E-state index contributed by atoms with van der Waals surface area (Å²) in [6.45, 7) is 4.00. The van der Waals surface area contributed by atoms with Gasteiger partial charge in [-0.25, -0.2) is 0 Å². The second-order valence-corrected chi connectivity index (χ2v) is 12.1. The van der Waals surface area contributed by atoms with Gasteiger partial charge in [-0.2, -0.15) is 0 Å². The van der Waals surface area contributed by atoms with E-state index >= 15 is 0 Å². The fraction of sp³-hybridized carbons (Fsp3) is 0.737. The molecular formula is C38H67NO5. The van der Waals surface area contributed by atoms with Gasteiger partial charge in [-0.05, 0) is 44.6 Å². The van der Waals surface area contributed by atoms with Crippen molar-refractivity contribution in [2.45, 2.75) is 173 Å². The first-order chi connectivity index (χ1) is 21.5. The number of allylic oxidation sites excluding steroid dienone is 8. The molecule has 0 aromatic carbocycles. The Labute approximate surface area is 270 Å². The van der Waals surface area contributed by atoms with E-state index in [0.29, 0.717) is 12.8 Å². The van der Waals surface area contributed by atoms with Crippen LogP contribution in [0.5, 0.6) is 0 Å². The molecule has 6 nitrogen and oxygen atoms in total. The van der Waals surface area contributed by atoms with Gasteiger partial charge in [0.15, 0.2) is 5.78 Å². The van der Waals surface area contributed by atoms with Crippen LogP contribution in [0, 0.1) is 0 Å². The first kappa shape index (κ1) is 42.0. The monoisotopic (exact) mass is 618 g/mol. The summed E-state index contributed by atoms with van der Waals surface area (Å²) in [6.07, 6.45) is 36.1. The fourth-order valence-electron chi connectivity index (χ4n) is 5.05. The van der Waals surface area contributed by atoms with Gasteiger partial charge < -0.3 is 20.6 Å². The van der Waals surface area contributed by atoms with Crippen LogP contribution in [0.25, 0.3) is 0 Å². The average molecular weight is 618 g/mol. The molecule has 0 rings (SSSR count). The van der Waals surface area contributed by atoms with Gasteiger partial charge in [-0.3, -0.25) is 9.59 Å². The van der Waals surface area contributed by atoms with Crippen LogP contribution >= 0.6 is 0 Å². The molecule has 254 valence electrons. The number of aliphatic hydroxyl groups is 3. The quantitative estimate of drug-likeness (QED) is 0.0270. The van der Waals surface area contributed by atoms with Crippen molar-refractivity contribution in [1.82, 2.24) is 5.32 Å². The van der Waals surface area contributed by atoms with Crippen molar-refractivity contribution in [3.05, 3.63) is 48.6 Å². The van der Waals surface area contributed by atoms with Crippen LogP contribution < -0.4 is 5.32 Å². The molecule has 1 amide bonds. The minimum absolute atomic E-state index is 0.0530. The minimum Gasteiger partial charge on any atom is -0.394 e. The van der Waals surface area contributed by atoms with Crippen LogP contribution in [0.2, 0.25) is 0 Å². The molecule has 0 aliphatic heterocycles. The molecule has 0 saturated heterocycles. The van der Waals surface area contributed by atoms with Crippen LogP contribution in [-0.4, -0.2) is 51.9 Å². The molecule has 6 heteroatoms. The van der Waals surface area contributed by atoms with Gasteiger partial charge >= 0.3 is 0 Å². The van der Waals surface area contributed by atoms with E-state index in [4.69, 9.17) is 0 Å². The van der Waals surface area contributed by atoms with Crippen molar-refractivity contribution in [3.63, 3.8) is 0 Å². The van der Waals surface area contributed by atoms with Crippen LogP contribution in [0.15, 0.2) is 48.6 Å². The van der Waals surface area contributed by atoms with E-state index in [2.05, 4.69) is 43.5 Å². The number of nitrogens with one attached hydrogen (secondary N) is 1. The lowest BCUT2D eigenvalue weighted by Gasteiger charge is -2.26. The molecule has 0 saturated carbocycles. The lowest BCUT2D eigenvalue weighted by atomic mass is 9.99. The molecule has 0 bridgehead atoms. The number of rotatable bonds is 31. The Bertz CT molecular complexity index is 788. The van der Waals surface area contributed by atoms with Gasteiger partial charge in [0.2, 0.25) is 5.91 Å². The zero-order valence-corrected chi connectivity index (χ0v) is 28.3. The largest absolute Gasteiger partial charge is 0.394 e. The first-order valence-corrected chi connectivity index (χ1v) is 17.9. The van der Waals surface area contributed by atoms with E-state index in [-0.39, 0.29) is 24.5 Å². The molecule has 0 fully saturated rings. The predicted octanol–water partition coefficient (Wildman–Crippen LogP) is 8.60. The molecule has 0 aliphatic carbocycles.